The highest BCUT2D eigenvalue weighted by atomic mass is 16.5. The quantitative estimate of drug-likeness (QED) is 0.525. The van der Waals surface area contributed by atoms with Crippen LogP contribution in [0.5, 0.6) is 11.5 Å². The van der Waals surface area contributed by atoms with Crippen molar-refractivity contribution in [2.75, 3.05) is 20.1 Å². The molecule has 32 heavy (non-hydrogen) atoms. The van der Waals surface area contributed by atoms with Gasteiger partial charge in [-0.3, -0.25) is 9.59 Å². The maximum Gasteiger partial charge on any atom is 0.255 e. The number of aromatic nitrogens is 2. The molecule has 0 spiro atoms. The van der Waals surface area contributed by atoms with Crippen LogP contribution in [-0.2, 0) is 0 Å². The van der Waals surface area contributed by atoms with Gasteiger partial charge in [-0.1, -0.05) is 0 Å². The van der Waals surface area contributed by atoms with E-state index in [1.165, 1.54) is 0 Å². The average Bonchev–Trinajstić information content (AvgIpc) is 3.50. The topological polar surface area (TPSA) is 89.1 Å². The van der Waals surface area contributed by atoms with Crippen LogP contribution in [-0.4, -0.2) is 46.5 Å². The molecule has 1 aliphatic rings. The van der Waals surface area contributed by atoms with E-state index in [2.05, 4.69) is 10.4 Å². The van der Waals surface area contributed by atoms with E-state index in [0.29, 0.717) is 34.0 Å². The number of furan rings is 1. The van der Waals surface area contributed by atoms with E-state index in [1.54, 1.807) is 49.1 Å². The minimum Gasteiger partial charge on any atom is -0.460 e. The van der Waals surface area contributed by atoms with E-state index < -0.39 is 0 Å². The number of nitrogens with one attached hydrogen (secondary N) is 1. The molecule has 0 unspecified atom stereocenters. The number of fused-ring (bicyclic) bond motifs is 2. The van der Waals surface area contributed by atoms with Crippen LogP contribution in [0.25, 0.3) is 16.5 Å². The standard InChI is InChI=1S/C24H24N4O4/c1-14-18(24(30)27-10-4-5-11-27)13-28-22(14)19(8-9-26-28)32-16-6-7-17-20(12-16)31-15(2)21(17)23(29)25-3/h6-9,12-13H,4-5,10-11H2,1-3H3,(H,25,29). The van der Waals surface area contributed by atoms with E-state index in [1.807, 2.05) is 17.9 Å². The summed E-state index contributed by atoms with van der Waals surface area (Å²) in [7, 11) is 1.59. The molecule has 1 saturated heterocycles. The first kappa shape index (κ1) is 20.1. The van der Waals surface area contributed by atoms with Crippen LogP contribution in [0.2, 0.25) is 0 Å². The Morgan fingerprint density at radius 2 is 1.94 bits per heavy atom. The summed E-state index contributed by atoms with van der Waals surface area (Å²) >= 11 is 0. The molecule has 4 heterocycles. The van der Waals surface area contributed by atoms with E-state index in [0.717, 1.165) is 42.4 Å². The van der Waals surface area contributed by atoms with Gasteiger partial charge in [0.1, 0.15) is 22.6 Å². The highest BCUT2D eigenvalue weighted by Gasteiger charge is 2.25. The van der Waals surface area contributed by atoms with Crippen molar-refractivity contribution in [3.8, 4) is 11.5 Å². The average molecular weight is 432 g/mol. The van der Waals surface area contributed by atoms with Crippen LogP contribution in [0.1, 0.15) is 44.9 Å². The molecule has 8 nitrogen and oxygen atoms in total. The van der Waals surface area contributed by atoms with Crippen molar-refractivity contribution in [2.45, 2.75) is 26.7 Å². The molecule has 1 aromatic carbocycles. The van der Waals surface area contributed by atoms with Crippen LogP contribution in [0.15, 0.2) is 41.1 Å². The number of carbonyl (C=O) groups excluding carboxylic acids is 2. The van der Waals surface area contributed by atoms with E-state index in [-0.39, 0.29) is 11.8 Å². The summed E-state index contributed by atoms with van der Waals surface area (Å²) in [6.45, 7) is 5.27. The molecule has 164 valence electrons. The van der Waals surface area contributed by atoms with Crippen LogP contribution in [0, 0.1) is 13.8 Å². The molecule has 0 bridgehead atoms. The number of amides is 2. The van der Waals surface area contributed by atoms with Gasteiger partial charge in [0.2, 0.25) is 0 Å². The predicted octanol–water partition coefficient (Wildman–Crippen LogP) is 4.09. The van der Waals surface area contributed by atoms with Crippen molar-refractivity contribution in [3.63, 3.8) is 0 Å². The van der Waals surface area contributed by atoms with Gasteiger partial charge < -0.3 is 19.4 Å². The molecular weight excluding hydrogens is 408 g/mol. The fourth-order valence-electron chi connectivity index (χ4n) is 4.41. The number of carbonyl (C=O) groups is 2. The fraction of sp³-hybridized carbons (Fsp3) is 0.292. The van der Waals surface area contributed by atoms with Gasteiger partial charge in [-0.05, 0) is 44.4 Å². The lowest BCUT2D eigenvalue weighted by Crippen LogP contribution is -2.27. The second kappa shape index (κ2) is 7.71. The Morgan fingerprint density at radius 3 is 2.69 bits per heavy atom. The lowest BCUT2D eigenvalue weighted by atomic mass is 10.1. The number of hydrogen-bond donors (Lipinski definition) is 1. The summed E-state index contributed by atoms with van der Waals surface area (Å²) < 4.78 is 13.7. The minimum atomic E-state index is -0.190. The van der Waals surface area contributed by atoms with Gasteiger partial charge in [-0.25, -0.2) is 4.52 Å². The first-order valence-corrected chi connectivity index (χ1v) is 10.7. The lowest BCUT2D eigenvalue weighted by Gasteiger charge is -2.14. The zero-order valence-electron chi connectivity index (χ0n) is 18.3. The largest absolute Gasteiger partial charge is 0.460 e. The summed E-state index contributed by atoms with van der Waals surface area (Å²) in [6.07, 6.45) is 5.50. The maximum absolute atomic E-state index is 13.0. The summed E-state index contributed by atoms with van der Waals surface area (Å²) in [5.41, 5.74) is 3.31. The third-order valence-corrected chi connectivity index (χ3v) is 6.03. The molecule has 3 aromatic heterocycles. The Kier molecular flexibility index (Phi) is 4.84. The third kappa shape index (κ3) is 3.19. The molecule has 2 amide bonds. The Labute approximate surface area is 184 Å². The van der Waals surface area contributed by atoms with Crippen LogP contribution in [0.3, 0.4) is 0 Å². The number of aryl methyl sites for hydroxylation is 2. The molecule has 0 atom stereocenters. The molecule has 1 aliphatic heterocycles. The van der Waals surface area contributed by atoms with Gasteiger partial charge in [0.15, 0.2) is 5.75 Å². The molecule has 4 aromatic rings. The van der Waals surface area contributed by atoms with E-state index in [9.17, 15) is 9.59 Å². The molecule has 8 heteroatoms. The number of likely N-dealkylation sites (tertiary alicyclic amines) is 1. The van der Waals surface area contributed by atoms with Gasteiger partial charge in [0.05, 0.1) is 17.3 Å². The summed E-state index contributed by atoms with van der Waals surface area (Å²) in [5.74, 6) is 1.55. The number of benzene rings is 1. The van der Waals surface area contributed by atoms with Crippen molar-refractivity contribution in [1.82, 2.24) is 19.8 Å². The molecular formula is C24H24N4O4. The Hall–Kier alpha value is -3.81. The highest BCUT2D eigenvalue weighted by molar-refractivity contribution is 6.07. The van der Waals surface area contributed by atoms with Gasteiger partial charge in [-0.2, -0.15) is 5.10 Å². The zero-order valence-corrected chi connectivity index (χ0v) is 18.3. The minimum absolute atomic E-state index is 0.0330. The molecule has 1 N–H and O–H groups in total. The summed E-state index contributed by atoms with van der Waals surface area (Å²) in [5, 5.41) is 7.74. The fourth-order valence-corrected chi connectivity index (χ4v) is 4.41. The highest BCUT2D eigenvalue weighted by Crippen LogP contribution is 2.34. The van der Waals surface area contributed by atoms with E-state index in [4.69, 9.17) is 9.15 Å². The SMILES string of the molecule is CNC(=O)c1c(C)oc2cc(Oc3ccnn4cc(C(=O)N5CCCC5)c(C)c34)ccc12. The molecule has 5 rings (SSSR count). The van der Waals surface area contributed by atoms with Gasteiger partial charge in [0.25, 0.3) is 11.8 Å². The number of hydrogen-bond acceptors (Lipinski definition) is 5. The van der Waals surface area contributed by atoms with E-state index >= 15 is 0 Å². The number of rotatable bonds is 4. The van der Waals surface area contributed by atoms with Crippen LogP contribution in [0.4, 0.5) is 0 Å². The normalized spacial score (nSPS) is 13.8. The smallest absolute Gasteiger partial charge is 0.255 e. The second-order valence-electron chi connectivity index (χ2n) is 8.03. The number of nitrogens with zero attached hydrogens (tertiary/aromatic N) is 3. The summed E-state index contributed by atoms with van der Waals surface area (Å²) in [6, 6.07) is 7.16. The monoisotopic (exact) mass is 432 g/mol. The Bertz CT molecular complexity index is 1360. The van der Waals surface area contributed by atoms with Crippen molar-refractivity contribution >= 4 is 28.3 Å². The Morgan fingerprint density at radius 1 is 1.16 bits per heavy atom. The Balaban J connectivity index is 1.52. The lowest BCUT2D eigenvalue weighted by molar-refractivity contribution is 0.0792. The van der Waals surface area contributed by atoms with Crippen molar-refractivity contribution in [2.24, 2.45) is 0 Å². The molecule has 0 saturated carbocycles. The first-order valence-electron chi connectivity index (χ1n) is 10.7. The van der Waals surface area contributed by atoms with Crippen molar-refractivity contribution < 1.29 is 18.7 Å². The maximum atomic E-state index is 13.0. The van der Waals surface area contributed by atoms with Gasteiger partial charge in [0, 0.05) is 43.9 Å². The second-order valence-corrected chi connectivity index (χ2v) is 8.03. The van der Waals surface area contributed by atoms with Crippen LogP contribution >= 0.6 is 0 Å². The zero-order chi connectivity index (χ0) is 22.4. The van der Waals surface area contributed by atoms with Crippen molar-refractivity contribution in [1.29, 1.82) is 0 Å². The molecule has 0 aliphatic carbocycles. The summed E-state index contributed by atoms with van der Waals surface area (Å²) in [4.78, 5) is 27.0. The number of ether oxygens (including phenoxy) is 1. The first-order chi connectivity index (χ1) is 15.5. The third-order valence-electron chi connectivity index (χ3n) is 6.03. The van der Waals surface area contributed by atoms with Crippen LogP contribution < -0.4 is 10.1 Å². The van der Waals surface area contributed by atoms with Gasteiger partial charge >= 0.3 is 0 Å². The predicted molar refractivity (Wildman–Crippen MR) is 119 cm³/mol. The van der Waals surface area contributed by atoms with Gasteiger partial charge in [-0.15, -0.1) is 0 Å². The molecule has 0 radical (unpaired) electrons. The van der Waals surface area contributed by atoms with Crippen molar-refractivity contribution in [3.05, 3.63) is 59.1 Å². The molecule has 1 fully saturated rings.